The zero-order valence-electron chi connectivity index (χ0n) is 13.3. The Balaban J connectivity index is 1.98. The van der Waals surface area contributed by atoms with Gasteiger partial charge in [-0.15, -0.1) is 0 Å². The average Bonchev–Trinajstić information content (AvgIpc) is 2.54. The number of nitrogens with zero attached hydrogens (tertiary/aromatic N) is 5. The number of piperidine rings is 1. The molecule has 126 valence electrons. The van der Waals surface area contributed by atoms with Gasteiger partial charge in [-0.2, -0.15) is 9.97 Å². The van der Waals surface area contributed by atoms with Gasteiger partial charge in [0.15, 0.2) is 0 Å². The lowest BCUT2D eigenvalue weighted by Crippen LogP contribution is -2.39. The van der Waals surface area contributed by atoms with Crippen molar-refractivity contribution in [1.82, 2.24) is 9.97 Å². The van der Waals surface area contributed by atoms with Gasteiger partial charge in [0.05, 0.1) is 18.1 Å². The van der Waals surface area contributed by atoms with Crippen LogP contribution in [0.25, 0.3) is 0 Å². The zero-order chi connectivity index (χ0) is 16.4. The van der Waals surface area contributed by atoms with Crippen molar-refractivity contribution in [1.29, 1.82) is 0 Å². The molecule has 2 saturated heterocycles. The molecule has 9 nitrogen and oxygen atoms in total. The highest BCUT2D eigenvalue weighted by Crippen LogP contribution is 2.34. The van der Waals surface area contributed by atoms with E-state index in [1.165, 1.54) is 6.42 Å². The number of hydrogen-bond acceptors (Lipinski definition) is 8. The molecule has 3 heterocycles. The van der Waals surface area contributed by atoms with Crippen LogP contribution in [0.15, 0.2) is 0 Å². The maximum absolute atomic E-state index is 11.4. The van der Waals surface area contributed by atoms with E-state index in [1.807, 2.05) is 4.90 Å². The zero-order valence-corrected chi connectivity index (χ0v) is 13.3. The van der Waals surface area contributed by atoms with Crippen LogP contribution in [0.3, 0.4) is 0 Å². The van der Waals surface area contributed by atoms with E-state index in [2.05, 4.69) is 21.8 Å². The van der Waals surface area contributed by atoms with Crippen molar-refractivity contribution < 1.29 is 9.66 Å². The van der Waals surface area contributed by atoms with Gasteiger partial charge in [0, 0.05) is 26.2 Å². The van der Waals surface area contributed by atoms with E-state index >= 15 is 0 Å². The molecule has 0 spiro atoms. The number of aromatic nitrogens is 2. The molecule has 0 aliphatic carbocycles. The molecule has 0 radical (unpaired) electrons. The Labute approximate surface area is 134 Å². The number of nitro groups is 1. The summed E-state index contributed by atoms with van der Waals surface area (Å²) in [6.45, 7) is 6.06. The van der Waals surface area contributed by atoms with E-state index in [4.69, 9.17) is 10.5 Å². The number of nitrogen functional groups attached to an aromatic ring is 1. The molecule has 0 aromatic carbocycles. The van der Waals surface area contributed by atoms with Gasteiger partial charge in [-0.1, -0.05) is 6.92 Å². The van der Waals surface area contributed by atoms with E-state index in [1.54, 1.807) is 0 Å². The number of morpholine rings is 1. The number of anilines is 3. The van der Waals surface area contributed by atoms with Crippen LogP contribution in [-0.2, 0) is 4.74 Å². The summed E-state index contributed by atoms with van der Waals surface area (Å²) in [5, 5.41) is 11.4. The average molecular weight is 322 g/mol. The predicted molar refractivity (Wildman–Crippen MR) is 86.7 cm³/mol. The van der Waals surface area contributed by atoms with Gasteiger partial charge in [0.1, 0.15) is 0 Å². The molecule has 0 unspecified atom stereocenters. The van der Waals surface area contributed by atoms with Gasteiger partial charge >= 0.3 is 5.69 Å². The highest BCUT2D eigenvalue weighted by Gasteiger charge is 2.30. The summed E-state index contributed by atoms with van der Waals surface area (Å²) in [5.41, 5.74) is 5.69. The van der Waals surface area contributed by atoms with Crippen LogP contribution in [-0.4, -0.2) is 54.3 Å². The van der Waals surface area contributed by atoms with E-state index < -0.39 is 4.92 Å². The first-order valence-corrected chi connectivity index (χ1v) is 7.96. The number of nitrogens with two attached hydrogens (primary N) is 1. The molecular weight excluding hydrogens is 300 g/mol. The lowest BCUT2D eigenvalue weighted by atomic mass is 10.0. The molecule has 9 heteroatoms. The van der Waals surface area contributed by atoms with Crippen LogP contribution in [0.4, 0.5) is 23.3 Å². The topological polar surface area (TPSA) is 111 Å². The summed E-state index contributed by atoms with van der Waals surface area (Å²) in [6.07, 6.45) is 2.24. The Bertz CT molecular complexity index is 590. The molecule has 1 aromatic rings. The van der Waals surface area contributed by atoms with E-state index in [0.29, 0.717) is 44.0 Å². The van der Waals surface area contributed by atoms with Gasteiger partial charge in [0.25, 0.3) is 0 Å². The third kappa shape index (κ3) is 3.29. The Morgan fingerprint density at radius 1 is 1.26 bits per heavy atom. The second-order valence-corrected chi connectivity index (χ2v) is 6.13. The van der Waals surface area contributed by atoms with Gasteiger partial charge < -0.3 is 20.3 Å². The molecule has 0 saturated carbocycles. The summed E-state index contributed by atoms with van der Waals surface area (Å²) < 4.78 is 5.32. The van der Waals surface area contributed by atoms with Crippen LogP contribution in [0.1, 0.15) is 19.8 Å². The number of rotatable bonds is 3. The standard InChI is InChI=1S/C14H22N6O3/c1-10-3-2-4-19(9-10)14-16-12(15)11(20(21)22)13(17-14)18-5-7-23-8-6-18/h10H,2-9H2,1H3,(H2,15,16,17)/t10-/m1/s1. The third-order valence-corrected chi connectivity index (χ3v) is 4.31. The molecule has 0 amide bonds. The van der Waals surface area contributed by atoms with Crippen molar-refractivity contribution in [2.45, 2.75) is 19.8 Å². The highest BCUT2D eigenvalue weighted by molar-refractivity contribution is 5.71. The number of ether oxygens (including phenoxy) is 1. The van der Waals surface area contributed by atoms with E-state index in [9.17, 15) is 10.1 Å². The first-order chi connectivity index (χ1) is 11.1. The Morgan fingerprint density at radius 2 is 2.00 bits per heavy atom. The molecule has 2 N–H and O–H groups in total. The monoisotopic (exact) mass is 322 g/mol. The van der Waals surface area contributed by atoms with Crippen molar-refractivity contribution in [3.8, 4) is 0 Å². The highest BCUT2D eigenvalue weighted by atomic mass is 16.6. The molecule has 1 atom stereocenters. The first kappa shape index (κ1) is 15.7. The first-order valence-electron chi connectivity index (χ1n) is 7.96. The third-order valence-electron chi connectivity index (χ3n) is 4.31. The lowest BCUT2D eigenvalue weighted by Gasteiger charge is -2.32. The Hall–Kier alpha value is -2.16. The molecule has 2 aliphatic rings. The molecule has 1 aromatic heterocycles. The summed E-state index contributed by atoms with van der Waals surface area (Å²) in [6, 6.07) is 0. The predicted octanol–water partition coefficient (Wildman–Crippen LogP) is 1.04. The van der Waals surface area contributed by atoms with Crippen molar-refractivity contribution in [2.75, 3.05) is 54.9 Å². The fourth-order valence-corrected chi connectivity index (χ4v) is 3.13. The van der Waals surface area contributed by atoms with Crippen LogP contribution in [0, 0.1) is 16.0 Å². The smallest absolute Gasteiger partial charge is 0.353 e. The molecule has 2 fully saturated rings. The van der Waals surface area contributed by atoms with Crippen LogP contribution in [0.5, 0.6) is 0 Å². The number of hydrogen-bond donors (Lipinski definition) is 1. The maximum atomic E-state index is 11.4. The van der Waals surface area contributed by atoms with E-state index in [0.717, 1.165) is 19.5 Å². The summed E-state index contributed by atoms with van der Waals surface area (Å²) in [4.78, 5) is 23.5. The molecule has 3 rings (SSSR count). The fourth-order valence-electron chi connectivity index (χ4n) is 3.13. The second kappa shape index (κ2) is 6.53. The molecule has 2 aliphatic heterocycles. The van der Waals surface area contributed by atoms with Gasteiger partial charge in [-0.25, -0.2) is 0 Å². The van der Waals surface area contributed by atoms with E-state index in [-0.39, 0.29) is 11.5 Å². The minimum absolute atomic E-state index is 0.0697. The normalized spacial score (nSPS) is 22.2. The Kier molecular flexibility index (Phi) is 4.46. The summed E-state index contributed by atoms with van der Waals surface area (Å²) in [7, 11) is 0. The van der Waals surface area contributed by atoms with Crippen LogP contribution < -0.4 is 15.5 Å². The largest absolute Gasteiger partial charge is 0.378 e. The maximum Gasteiger partial charge on any atom is 0.353 e. The minimum Gasteiger partial charge on any atom is -0.378 e. The van der Waals surface area contributed by atoms with Gasteiger partial charge in [-0.05, 0) is 18.8 Å². The van der Waals surface area contributed by atoms with Crippen molar-refractivity contribution in [2.24, 2.45) is 5.92 Å². The van der Waals surface area contributed by atoms with Gasteiger partial charge in [0.2, 0.25) is 17.6 Å². The molecule has 0 bridgehead atoms. The minimum atomic E-state index is -0.497. The molecule has 23 heavy (non-hydrogen) atoms. The van der Waals surface area contributed by atoms with Crippen LogP contribution >= 0.6 is 0 Å². The Morgan fingerprint density at radius 3 is 2.65 bits per heavy atom. The van der Waals surface area contributed by atoms with Crippen molar-refractivity contribution in [3.63, 3.8) is 0 Å². The lowest BCUT2D eigenvalue weighted by molar-refractivity contribution is -0.383. The summed E-state index contributed by atoms with van der Waals surface area (Å²) in [5.74, 6) is 1.27. The van der Waals surface area contributed by atoms with Crippen molar-refractivity contribution >= 4 is 23.3 Å². The summed E-state index contributed by atoms with van der Waals surface area (Å²) >= 11 is 0. The SMILES string of the molecule is C[C@@H]1CCCN(c2nc(N)c([N+](=O)[O-])c(N3CCOCC3)n2)C1. The second-order valence-electron chi connectivity index (χ2n) is 6.13. The quantitative estimate of drug-likeness (QED) is 0.649. The molecular formula is C14H22N6O3. The van der Waals surface area contributed by atoms with Gasteiger partial charge in [-0.3, -0.25) is 10.1 Å². The fraction of sp³-hybridized carbons (Fsp3) is 0.714. The van der Waals surface area contributed by atoms with Crippen molar-refractivity contribution in [3.05, 3.63) is 10.1 Å². The van der Waals surface area contributed by atoms with Crippen LogP contribution in [0.2, 0.25) is 0 Å².